The van der Waals surface area contributed by atoms with Crippen molar-refractivity contribution in [1.29, 1.82) is 0 Å². The zero-order valence-electron chi connectivity index (χ0n) is 22.4. The van der Waals surface area contributed by atoms with Crippen LogP contribution < -0.4 is 19.1 Å². The molecule has 1 heterocycles. The minimum atomic E-state index is -4.20. The van der Waals surface area contributed by atoms with Crippen molar-refractivity contribution in [3.63, 3.8) is 0 Å². The highest BCUT2D eigenvalue weighted by Gasteiger charge is 2.31. The summed E-state index contributed by atoms with van der Waals surface area (Å²) in [5.74, 6) is -0.441. The van der Waals surface area contributed by atoms with Gasteiger partial charge in [-0.25, -0.2) is 13.2 Å². The summed E-state index contributed by atoms with van der Waals surface area (Å²) in [5, 5.41) is 3.20. The van der Waals surface area contributed by atoms with E-state index in [1.54, 1.807) is 31.2 Å². The predicted octanol–water partition coefficient (Wildman–Crippen LogP) is 4.96. The minimum Gasteiger partial charge on any atom is -0.493 e. The lowest BCUT2D eigenvalue weighted by atomic mass is 9.95. The minimum absolute atomic E-state index is 0.0627. The smallest absolute Gasteiger partial charge is 0.341 e. The number of sulfonamides is 1. The van der Waals surface area contributed by atoms with Crippen LogP contribution in [-0.2, 0) is 32.4 Å². The summed E-state index contributed by atoms with van der Waals surface area (Å²) < 4.78 is 44.6. The van der Waals surface area contributed by atoms with Gasteiger partial charge in [0.15, 0.2) is 11.5 Å². The van der Waals surface area contributed by atoms with E-state index in [4.69, 9.17) is 14.2 Å². The van der Waals surface area contributed by atoms with Crippen LogP contribution in [0.3, 0.4) is 0 Å². The number of ether oxygens (including phenoxy) is 3. The first-order chi connectivity index (χ1) is 18.7. The Morgan fingerprint density at radius 3 is 2.36 bits per heavy atom. The van der Waals surface area contributed by atoms with Crippen LogP contribution >= 0.6 is 11.3 Å². The number of methoxy groups -OCH3 is 2. The molecule has 39 heavy (non-hydrogen) atoms. The lowest BCUT2D eigenvalue weighted by Gasteiger charge is -2.24. The third kappa shape index (κ3) is 6.04. The van der Waals surface area contributed by atoms with E-state index in [1.807, 2.05) is 6.92 Å². The Hall–Kier alpha value is -3.57. The molecule has 1 aromatic heterocycles. The number of nitrogens with one attached hydrogen (secondary N) is 1. The zero-order chi connectivity index (χ0) is 28.2. The summed E-state index contributed by atoms with van der Waals surface area (Å²) in [7, 11) is -1.32. The number of carbonyl (C=O) groups excluding carboxylic acids is 2. The van der Waals surface area contributed by atoms with E-state index < -0.39 is 28.4 Å². The number of amides is 1. The largest absolute Gasteiger partial charge is 0.493 e. The van der Waals surface area contributed by atoms with Crippen LogP contribution in [0.2, 0.25) is 0 Å². The standard InChI is InChI=1S/C28H32N2O7S2/c1-5-37-28(32)26-21-8-6-7-9-24(21)38-27(26)29-25(31)17-30(19-12-10-18(2)11-13-19)39(33,34)20-14-15-22(35-3)23(16-20)36-4/h10-16H,5-9,17H2,1-4H3,(H,29,31). The molecule has 1 amide bonds. The van der Waals surface area contributed by atoms with Gasteiger partial charge in [0.05, 0.1) is 37.0 Å². The lowest BCUT2D eigenvalue weighted by molar-refractivity contribution is -0.114. The molecule has 0 spiro atoms. The summed E-state index contributed by atoms with van der Waals surface area (Å²) in [6.07, 6.45) is 3.52. The Balaban J connectivity index is 1.69. The average molecular weight is 573 g/mol. The third-order valence-corrected chi connectivity index (χ3v) is 9.43. The molecule has 2 aromatic carbocycles. The molecule has 4 rings (SSSR count). The Labute approximate surface area is 232 Å². The van der Waals surface area contributed by atoms with Gasteiger partial charge in [0, 0.05) is 10.9 Å². The van der Waals surface area contributed by atoms with E-state index >= 15 is 0 Å². The van der Waals surface area contributed by atoms with Crippen LogP contribution in [-0.4, -0.2) is 47.7 Å². The number of nitrogens with zero attached hydrogens (tertiary/aromatic N) is 1. The second-order valence-electron chi connectivity index (χ2n) is 9.05. The van der Waals surface area contributed by atoms with Crippen LogP contribution in [0.1, 0.15) is 46.1 Å². The van der Waals surface area contributed by atoms with Crippen molar-refractivity contribution in [2.45, 2.75) is 44.4 Å². The second kappa shape index (κ2) is 12.1. The maximum absolute atomic E-state index is 13.9. The Morgan fingerprint density at radius 2 is 1.69 bits per heavy atom. The van der Waals surface area contributed by atoms with Gasteiger partial charge >= 0.3 is 5.97 Å². The molecule has 9 nitrogen and oxygen atoms in total. The molecule has 0 unspecified atom stereocenters. The van der Waals surface area contributed by atoms with E-state index in [0.29, 0.717) is 22.0 Å². The van der Waals surface area contributed by atoms with Crippen LogP contribution in [0.5, 0.6) is 11.5 Å². The fourth-order valence-corrected chi connectivity index (χ4v) is 7.23. The normalized spacial score (nSPS) is 12.8. The molecule has 1 N–H and O–H groups in total. The number of anilines is 2. The molecule has 0 saturated carbocycles. The van der Waals surface area contributed by atoms with E-state index in [9.17, 15) is 18.0 Å². The maximum atomic E-state index is 13.9. The third-order valence-electron chi connectivity index (χ3n) is 6.46. The monoisotopic (exact) mass is 572 g/mol. The molecule has 0 fully saturated rings. The number of thiophene rings is 1. The van der Waals surface area contributed by atoms with Crippen LogP contribution in [0.4, 0.5) is 10.7 Å². The SMILES string of the molecule is CCOC(=O)c1c(NC(=O)CN(c2ccc(C)cc2)S(=O)(=O)c2ccc(OC)c(OC)c2)sc2c1CCCC2. The van der Waals surface area contributed by atoms with E-state index in [1.165, 1.54) is 43.8 Å². The van der Waals surface area contributed by atoms with Gasteiger partial charge in [-0.1, -0.05) is 17.7 Å². The molecule has 0 aliphatic heterocycles. The first-order valence-electron chi connectivity index (χ1n) is 12.6. The fourth-order valence-electron chi connectivity index (χ4n) is 4.50. The van der Waals surface area contributed by atoms with E-state index in [-0.39, 0.29) is 17.3 Å². The topological polar surface area (TPSA) is 111 Å². The summed E-state index contributed by atoms with van der Waals surface area (Å²) >= 11 is 1.35. The Kier molecular flexibility index (Phi) is 8.81. The Morgan fingerprint density at radius 1 is 1.00 bits per heavy atom. The van der Waals surface area contributed by atoms with Gasteiger partial charge in [-0.3, -0.25) is 9.10 Å². The summed E-state index contributed by atoms with van der Waals surface area (Å²) in [6, 6.07) is 11.1. The quantitative estimate of drug-likeness (QED) is 0.342. The zero-order valence-corrected chi connectivity index (χ0v) is 24.0. The van der Waals surface area contributed by atoms with Gasteiger partial charge in [-0.2, -0.15) is 0 Å². The molecule has 1 aliphatic rings. The number of benzene rings is 2. The van der Waals surface area contributed by atoms with Crippen molar-refractivity contribution in [2.75, 3.05) is 37.0 Å². The summed E-state index contributed by atoms with van der Waals surface area (Å²) in [5.41, 5.74) is 2.54. The summed E-state index contributed by atoms with van der Waals surface area (Å²) in [6.45, 7) is 3.32. The molecule has 0 atom stereocenters. The highest BCUT2D eigenvalue weighted by molar-refractivity contribution is 7.92. The van der Waals surface area contributed by atoms with Gasteiger partial charge in [0.25, 0.3) is 10.0 Å². The summed E-state index contributed by atoms with van der Waals surface area (Å²) in [4.78, 5) is 27.2. The molecule has 1 aliphatic carbocycles. The maximum Gasteiger partial charge on any atom is 0.341 e. The number of fused-ring (bicyclic) bond motifs is 1. The van der Waals surface area contributed by atoms with E-state index in [2.05, 4.69) is 5.32 Å². The van der Waals surface area contributed by atoms with Crippen LogP contribution in [0.25, 0.3) is 0 Å². The number of rotatable bonds is 10. The van der Waals surface area contributed by atoms with Crippen molar-refractivity contribution < 1.29 is 32.2 Å². The van der Waals surface area contributed by atoms with Gasteiger partial charge in [0.2, 0.25) is 5.91 Å². The first-order valence-corrected chi connectivity index (χ1v) is 14.9. The molecule has 11 heteroatoms. The molecule has 0 bridgehead atoms. The average Bonchev–Trinajstić information content (AvgIpc) is 3.29. The van der Waals surface area contributed by atoms with Crippen molar-refractivity contribution in [3.8, 4) is 11.5 Å². The Bertz CT molecular complexity index is 1460. The number of hydrogen-bond donors (Lipinski definition) is 1. The van der Waals surface area contributed by atoms with Gasteiger partial charge in [-0.05, 0) is 69.4 Å². The molecular weight excluding hydrogens is 540 g/mol. The van der Waals surface area contributed by atoms with Crippen molar-refractivity contribution in [1.82, 2.24) is 0 Å². The number of esters is 1. The van der Waals surface area contributed by atoms with Crippen molar-refractivity contribution in [3.05, 3.63) is 64.0 Å². The lowest BCUT2D eigenvalue weighted by Crippen LogP contribution is -2.38. The molecule has 3 aromatic rings. The second-order valence-corrected chi connectivity index (χ2v) is 12.0. The first kappa shape index (κ1) is 28.4. The van der Waals surface area contributed by atoms with Crippen molar-refractivity contribution in [2.24, 2.45) is 0 Å². The molecule has 0 saturated heterocycles. The number of hydrogen-bond acceptors (Lipinski definition) is 8. The van der Waals surface area contributed by atoms with Gasteiger partial charge in [0.1, 0.15) is 11.5 Å². The van der Waals surface area contributed by atoms with E-state index in [0.717, 1.165) is 46.0 Å². The molecule has 0 radical (unpaired) electrons. The number of aryl methyl sites for hydroxylation is 2. The number of carbonyl (C=O) groups is 2. The van der Waals surface area contributed by atoms with Gasteiger partial charge < -0.3 is 19.5 Å². The fraction of sp³-hybridized carbons (Fsp3) is 0.357. The molecule has 208 valence electrons. The van der Waals surface area contributed by atoms with Crippen LogP contribution in [0.15, 0.2) is 47.4 Å². The van der Waals surface area contributed by atoms with Crippen molar-refractivity contribution >= 4 is 43.9 Å². The molecular formula is C28H32N2O7S2. The van der Waals surface area contributed by atoms with Crippen LogP contribution in [0, 0.1) is 6.92 Å². The van der Waals surface area contributed by atoms with Gasteiger partial charge in [-0.15, -0.1) is 11.3 Å². The highest BCUT2D eigenvalue weighted by atomic mass is 32.2. The predicted molar refractivity (Wildman–Crippen MR) is 151 cm³/mol. The highest BCUT2D eigenvalue weighted by Crippen LogP contribution is 2.39.